The Kier molecular flexibility index (Phi) is 4.56. The number of hydrogen-bond acceptors (Lipinski definition) is 8. The van der Waals surface area contributed by atoms with Gasteiger partial charge in [0.15, 0.2) is 5.65 Å². The predicted octanol–water partition coefficient (Wildman–Crippen LogP) is 0.586. The topological polar surface area (TPSA) is 160 Å². The zero-order chi connectivity index (χ0) is 19.5. The highest BCUT2D eigenvalue weighted by atomic mass is 16.3. The molecule has 0 fully saturated rings. The van der Waals surface area contributed by atoms with Gasteiger partial charge in [0.1, 0.15) is 5.52 Å². The minimum atomic E-state index is -0.266. The molecule has 0 aliphatic rings. The third kappa shape index (κ3) is 3.33. The van der Waals surface area contributed by atoms with E-state index in [4.69, 9.17) is 10.8 Å². The molecule has 0 unspecified atom stereocenters. The number of carbonyl (C=O) groups excluding carboxylic acids is 1. The first kappa shape index (κ1) is 17.4. The van der Waals surface area contributed by atoms with Gasteiger partial charge in [0, 0.05) is 18.3 Å². The van der Waals surface area contributed by atoms with Gasteiger partial charge in [-0.05, 0) is 24.3 Å². The monoisotopic (exact) mass is 379 g/mol. The van der Waals surface area contributed by atoms with Gasteiger partial charge in [-0.25, -0.2) is 9.97 Å². The second-order valence-corrected chi connectivity index (χ2v) is 5.85. The van der Waals surface area contributed by atoms with Crippen LogP contribution in [0.5, 0.6) is 0 Å². The van der Waals surface area contributed by atoms with Crippen molar-refractivity contribution < 1.29 is 9.90 Å². The van der Waals surface area contributed by atoms with E-state index in [1.165, 1.54) is 0 Å². The van der Waals surface area contributed by atoms with Gasteiger partial charge in [0.25, 0.3) is 5.91 Å². The van der Waals surface area contributed by atoms with E-state index < -0.39 is 0 Å². The van der Waals surface area contributed by atoms with E-state index in [-0.39, 0.29) is 25.0 Å². The molecule has 0 saturated heterocycles. The SMILES string of the molecule is Nc1nc2cnc(Nc3cn[nH]c3)nc2n1-c1ccc(C(=O)NCCO)cc1. The first-order chi connectivity index (χ1) is 13.7. The number of aromatic nitrogens is 6. The molecule has 3 aromatic heterocycles. The normalized spacial score (nSPS) is 10.9. The second-order valence-electron chi connectivity index (χ2n) is 5.85. The summed E-state index contributed by atoms with van der Waals surface area (Å²) < 4.78 is 1.67. The van der Waals surface area contributed by atoms with Crippen LogP contribution in [0.1, 0.15) is 10.4 Å². The Hall–Kier alpha value is -3.99. The molecule has 1 amide bonds. The molecule has 4 rings (SSSR count). The van der Waals surface area contributed by atoms with Crippen LogP contribution in [0, 0.1) is 0 Å². The Morgan fingerprint density at radius 2 is 2.04 bits per heavy atom. The van der Waals surface area contributed by atoms with Crippen molar-refractivity contribution in [3.8, 4) is 5.69 Å². The lowest BCUT2D eigenvalue weighted by atomic mass is 10.2. The Morgan fingerprint density at radius 3 is 2.75 bits per heavy atom. The highest BCUT2D eigenvalue weighted by Crippen LogP contribution is 2.23. The zero-order valence-corrected chi connectivity index (χ0v) is 14.6. The van der Waals surface area contributed by atoms with Crippen LogP contribution in [0.2, 0.25) is 0 Å². The number of rotatable bonds is 6. The van der Waals surface area contributed by atoms with Crippen LogP contribution >= 0.6 is 0 Å². The molecule has 11 nitrogen and oxygen atoms in total. The van der Waals surface area contributed by atoms with Gasteiger partial charge in [-0.3, -0.25) is 14.5 Å². The highest BCUT2D eigenvalue weighted by Gasteiger charge is 2.14. The number of nitrogen functional groups attached to an aromatic ring is 1. The van der Waals surface area contributed by atoms with Gasteiger partial charge in [0.2, 0.25) is 11.9 Å². The number of amides is 1. The fourth-order valence-corrected chi connectivity index (χ4v) is 2.69. The number of nitrogens with one attached hydrogen (secondary N) is 3. The summed E-state index contributed by atoms with van der Waals surface area (Å²) in [6, 6.07) is 6.82. The van der Waals surface area contributed by atoms with Crippen molar-refractivity contribution in [1.29, 1.82) is 0 Å². The number of hydrogen-bond donors (Lipinski definition) is 5. The fourth-order valence-electron chi connectivity index (χ4n) is 2.69. The lowest BCUT2D eigenvalue weighted by Gasteiger charge is -2.08. The summed E-state index contributed by atoms with van der Waals surface area (Å²) in [6.07, 6.45) is 4.87. The van der Waals surface area contributed by atoms with Gasteiger partial charge in [0.05, 0.1) is 30.4 Å². The smallest absolute Gasteiger partial charge is 0.251 e. The number of nitrogens with two attached hydrogens (primary N) is 1. The molecule has 0 spiro atoms. The van der Waals surface area contributed by atoms with Crippen molar-refractivity contribution in [3.05, 3.63) is 48.4 Å². The van der Waals surface area contributed by atoms with E-state index in [9.17, 15) is 4.79 Å². The number of aliphatic hydroxyl groups is 1. The largest absolute Gasteiger partial charge is 0.395 e. The standard InChI is InChI=1S/C17H17N9O2/c18-16-24-13-9-20-17(23-11-7-21-22-8-11)25-14(13)26(16)12-3-1-10(2-4-12)15(28)19-5-6-27/h1-4,7-9,27H,5-6H2,(H2,18,24)(H,19,28)(H,21,22)(H,20,23,25). The van der Waals surface area contributed by atoms with Crippen molar-refractivity contribution in [2.45, 2.75) is 0 Å². The number of nitrogens with zero attached hydrogens (tertiary/aromatic N) is 5. The summed E-state index contributed by atoms with van der Waals surface area (Å²) in [7, 11) is 0. The number of imidazole rings is 1. The van der Waals surface area contributed by atoms with E-state index >= 15 is 0 Å². The molecule has 0 saturated carbocycles. The maximum Gasteiger partial charge on any atom is 0.251 e. The number of carbonyl (C=O) groups is 1. The fraction of sp³-hybridized carbons (Fsp3) is 0.118. The van der Waals surface area contributed by atoms with Crippen molar-refractivity contribution in [2.24, 2.45) is 0 Å². The first-order valence-corrected chi connectivity index (χ1v) is 8.42. The minimum Gasteiger partial charge on any atom is -0.395 e. The van der Waals surface area contributed by atoms with Crippen LogP contribution in [0.25, 0.3) is 16.9 Å². The lowest BCUT2D eigenvalue weighted by Crippen LogP contribution is -2.26. The van der Waals surface area contributed by atoms with E-state index in [0.29, 0.717) is 28.4 Å². The number of aromatic amines is 1. The van der Waals surface area contributed by atoms with Crippen LogP contribution in [-0.4, -0.2) is 53.9 Å². The maximum atomic E-state index is 12.0. The van der Waals surface area contributed by atoms with Crippen molar-refractivity contribution >= 4 is 34.7 Å². The van der Waals surface area contributed by atoms with Crippen LogP contribution < -0.4 is 16.4 Å². The molecule has 0 radical (unpaired) electrons. The van der Waals surface area contributed by atoms with Gasteiger partial charge < -0.3 is 21.5 Å². The lowest BCUT2D eigenvalue weighted by molar-refractivity contribution is 0.0945. The van der Waals surface area contributed by atoms with E-state index in [1.54, 1.807) is 47.4 Å². The average molecular weight is 379 g/mol. The number of fused-ring (bicyclic) bond motifs is 1. The molecule has 28 heavy (non-hydrogen) atoms. The summed E-state index contributed by atoms with van der Waals surface area (Å²) in [6.45, 7) is 0.0827. The van der Waals surface area contributed by atoms with Crippen LogP contribution in [-0.2, 0) is 0 Å². The van der Waals surface area contributed by atoms with Gasteiger partial charge in [-0.15, -0.1) is 0 Å². The maximum absolute atomic E-state index is 12.0. The third-order valence-corrected chi connectivity index (χ3v) is 3.97. The molecule has 0 aliphatic carbocycles. The van der Waals surface area contributed by atoms with E-state index in [1.807, 2.05) is 0 Å². The zero-order valence-electron chi connectivity index (χ0n) is 14.6. The van der Waals surface area contributed by atoms with Crippen molar-refractivity contribution in [3.63, 3.8) is 0 Å². The molecule has 6 N–H and O–H groups in total. The molecular formula is C17H17N9O2. The molecule has 1 aromatic carbocycles. The van der Waals surface area contributed by atoms with Gasteiger partial charge in [-0.1, -0.05) is 0 Å². The summed E-state index contributed by atoms with van der Waals surface area (Å²) in [4.78, 5) is 25.0. The molecule has 3 heterocycles. The average Bonchev–Trinajstić information content (AvgIpc) is 3.33. The number of benzene rings is 1. The van der Waals surface area contributed by atoms with E-state index in [2.05, 4.69) is 35.8 Å². The van der Waals surface area contributed by atoms with E-state index in [0.717, 1.165) is 5.69 Å². The predicted molar refractivity (Wildman–Crippen MR) is 102 cm³/mol. The molecule has 142 valence electrons. The molecule has 0 atom stereocenters. The quantitative estimate of drug-likeness (QED) is 0.325. The Morgan fingerprint density at radius 1 is 1.21 bits per heavy atom. The number of H-pyrrole nitrogens is 1. The molecule has 4 aromatic rings. The Labute approximate surface area is 158 Å². The van der Waals surface area contributed by atoms with Gasteiger partial charge >= 0.3 is 0 Å². The molecule has 0 aliphatic heterocycles. The second kappa shape index (κ2) is 7.32. The highest BCUT2D eigenvalue weighted by molar-refractivity contribution is 5.94. The number of anilines is 3. The molecular weight excluding hydrogens is 362 g/mol. The minimum absolute atomic E-state index is 0.115. The summed E-state index contributed by atoms with van der Waals surface area (Å²) >= 11 is 0. The summed E-state index contributed by atoms with van der Waals surface area (Å²) in [5.41, 5.74) is 9.03. The van der Waals surface area contributed by atoms with Crippen molar-refractivity contribution in [1.82, 2.24) is 35.0 Å². The molecule has 11 heteroatoms. The van der Waals surface area contributed by atoms with Crippen molar-refractivity contribution in [2.75, 3.05) is 24.2 Å². The molecule has 0 bridgehead atoms. The summed E-state index contributed by atoms with van der Waals surface area (Å²) in [5.74, 6) is 0.357. The first-order valence-electron chi connectivity index (χ1n) is 8.42. The number of aliphatic hydroxyl groups excluding tert-OH is 1. The van der Waals surface area contributed by atoms with Gasteiger partial charge in [-0.2, -0.15) is 10.1 Å². The third-order valence-electron chi connectivity index (χ3n) is 3.97. The van der Waals surface area contributed by atoms with Crippen LogP contribution in [0.4, 0.5) is 17.6 Å². The van der Waals surface area contributed by atoms with Crippen LogP contribution in [0.3, 0.4) is 0 Å². The summed E-state index contributed by atoms with van der Waals surface area (Å²) in [5, 5.41) is 21.0. The Bertz CT molecular complexity index is 1100. The van der Waals surface area contributed by atoms with Crippen LogP contribution in [0.15, 0.2) is 42.9 Å². The Balaban J connectivity index is 1.67.